The molecule has 2 aromatic rings. The highest BCUT2D eigenvalue weighted by molar-refractivity contribution is 5.86. The molecule has 0 saturated heterocycles. The number of carbonyl (C=O) groups excluding carboxylic acids is 1. The Labute approximate surface area is 112 Å². The second kappa shape index (κ2) is 5.10. The fraction of sp³-hybridized carbons (Fsp3) is 0.375. The van der Waals surface area contributed by atoms with E-state index in [0.717, 1.165) is 48.6 Å². The van der Waals surface area contributed by atoms with Crippen LogP contribution in [-0.2, 0) is 0 Å². The number of aliphatic hydroxyl groups excluding tert-OH is 1. The van der Waals surface area contributed by atoms with Crippen LogP contribution in [0.15, 0.2) is 30.3 Å². The molecule has 1 N–H and O–H groups in total. The summed E-state index contributed by atoms with van der Waals surface area (Å²) in [7, 11) is 0. The first kappa shape index (κ1) is 12.3. The smallest absolute Gasteiger partial charge is 0.150 e. The Morgan fingerprint density at radius 3 is 2.89 bits per heavy atom. The molecule has 1 fully saturated rings. The molecule has 19 heavy (non-hydrogen) atoms. The van der Waals surface area contributed by atoms with Gasteiger partial charge in [-0.25, -0.2) is 0 Å². The zero-order valence-corrected chi connectivity index (χ0v) is 10.7. The van der Waals surface area contributed by atoms with Crippen molar-refractivity contribution in [3.8, 4) is 0 Å². The molecule has 1 aromatic carbocycles. The molecular formula is C16H17NO2. The van der Waals surface area contributed by atoms with Gasteiger partial charge in [0.2, 0.25) is 0 Å². The number of nitrogens with zero attached hydrogens (tertiary/aromatic N) is 1. The zero-order valence-electron chi connectivity index (χ0n) is 10.7. The van der Waals surface area contributed by atoms with Crippen LogP contribution in [0.3, 0.4) is 0 Å². The third-order valence-electron chi connectivity index (χ3n) is 3.94. The first-order valence-corrected chi connectivity index (χ1v) is 6.80. The second-order valence-corrected chi connectivity index (χ2v) is 5.32. The summed E-state index contributed by atoms with van der Waals surface area (Å²) in [5.74, 6) is 0.360. The normalized spacial score (nSPS) is 23.4. The van der Waals surface area contributed by atoms with Gasteiger partial charge in [0.15, 0.2) is 0 Å². The Hall–Kier alpha value is -1.74. The summed E-state index contributed by atoms with van der Waals surface area (Å²) in [6.07, 6.45) is 4.55. The number of aromatic nitrogens is 1. The van der Waals surface area contributed by atoms with Gasteiger partial charge in [-0.3, -0.25) is 9.78 Å². The molecule has 0 amide bonds. The summed E-state index contributed by atoms with van der Waals surface area (Å²) in [4.78, 5) is 15.4. The maximum atomic E-state index is 10.8. The molecular weight excluding hydrogens is 238 g/mol. The second-order valence-electron chi connectivity index (χ2n) is 5.32. The Kier molecular flexibility index (Phi) is 3.30. The number of carbonyl (C=O) groups is 1. The molecule has 1 saturated carbocycles. The molecule has 2 atom stereocenters. The zero-order chi connectivity index (χ0) is 13.2. The maximum absolute atomic E-state index is 10.8. The van der Waals surface area contributed by atoms with Gasteiger partial charge in [-0.1, -0.05) is 12.5 Å². The van der Waals surface area contributed by atoms with Gasteiger partial charge >= 0.3 is 0 Å². The maximum Gasteiger partial charge on any atom is 0.150 e. The number of aldehydes is 1. The first-order chi connectivity index (χ1) is 9.26. The van der Waals surface area contributed by atoms with Crippen LogP contribution in [0.4, 0.5) is 0 Å². The molecule has 0 spiro atoms. The van der Waals surface area contributed by atoms with Crippen LogP contribution in [0.5, 0.6) is 0 Å². The lowest BCUT2D eigenvalue weighted by molar-refractivity contribution is 0.112. The van der Waals surface area contributed by atoms with Crippen LogP contribution >= 0.6 is 0 Å². The lowest BCUT2D eigenvalue weighted by Crippen LogP contribution is -2.18. The van der Waals surface area contributed by atoms with Crippen LogP contribution in [0.25, 0.3) is 10.9 Å². The van der Waals surface area contributed by atoms with E-state index in [-0.39, 0.29) is 6.10 Å². The number of fused-ring (bicyclic) bond motifs is 1. The minimum absolute atomic E-state index is 0.186. The van der Waals surface area contributed by atoms with Crippen molar-refractivity contribution >= 4 is 17.2 Å². The predicted octanol–water partition coefficient (Wildman–Crippen LogP) is 3.07. The Morgan fingerprint density at radius 2 is 2.11 bits per heavy atom. The van der Waals surface area contributed by atoms with Gasteiger partial charge in [-0.05, 0) is 43.5 Å². The number of hydrogen-bond donors (Lipinski definition) is 1. The summed E-state index contributed by atoms with van der Waals surface area (Å²) in [6, 6.07) is 9.59. The van der Waals surface area contributed by atoms with Gasteiger partial charge in [-0.2, -0.15) is 0 Å². The van der Waals surface area contributed by atoms with Crippen molar-refractivity contribution in [2.75, 3.05) is 0 Å². The third kappa shape index (κ3) is 2.51. The van der Waals surface area contributed by atoms with Gasteiger partial charge in [0.1, 0.15) is 6.29 Å². The van der Waals surface area contributed by atoms with Crippen LogP contribution < -0.4 is 0 Å². The van der Waals surface area contributed by atoms with E-state index in [1.165, 1.54) is 0 Å². The topological polar surface area (TPSA) is 50.2 Å². The van der Waals surface area contributed by atoms with Gasteiger partial charge < -0.3 is 5.11 Å². The largest absolute Gasteiger partial charge is 0.393 e. The van der Waals surface area contributed by atoms with Crippen LogP contribution in [0.2, 0.25) is 0 Å². The highest BCUT2D eigenvalue weighted by Crippen LogP contribution is 2.32. The summed E-state index contributed by atoms with van der Waals surface area (Å²) in [6.45, 7) is 0. The summed E-state index contributed by atoms with van der Waals surface area (Å²) >= 11 is 0. The standard InChI is InChI=1S/C16H17NO2/c18-10-11-4-6-15-13(8-11)5-7-16(17-15)12-2-1-3-14(19)9-12/h4-8,10,12,14,19H,1-3,9H2/t12-,14-/m1/s1. The SMILES string of the molecule is O=Cc1ccc2nc([C@@H]3CCC[C@@H](O)C3)ccc2c1. The number of benzene rings is 1. The average Bonchev–Trinajstić information content (AvgIpc) is 2.46. The fourth-order valence-corrected chi connectivity index (χ4v) is 2.89. The predicted molar refractivity (Wildman–Crippen MR) is 74.3 cm³/mol. The van der Waals surface area contributed by atoms with E-state index in [1.54, 1.807) is 6.07 Å². The third-order valence-corrected chi connectivity index (χ3v) is 3.94. The van der Waals surface area contributed by atoms with Gasteiger partial charge in [0.05, 0.1) is 11.6 Å². The highest BCUT2D eigenvalue weighted by Gasteiger charge is 2.22. The van der Waals surface area contributed by atoms with Crippen LogP contribution in [0, 0.1) is 0 Å². The minimum atomic E-state index is -0.186. The van der Waals surface area contributed by atoms with Crippen molar-refractivity contribution in [2.45, 2.75) is 37.7 Å². The molecule has 3 rings (SSSR count). The molecule has 0 unspecified atom stereocenters. The highest BCUT2D eigenvalue weighted by atomic mass is 16.3. The lowest BCUT2D eigenvalue weighted by Gasteiger charge is -2.25. The summed E-state index contributed by atoms with van der Waals surface area (Å²) in [5.41, 5.74) is 2.66. The first-order valence-electron chi connectivity index (χ1n) is 6.80. The van der Waals surface area contributed by atoms with Crippen molar-refractivity contribution in [1.29, 1.82) is 0 Å². The molecule has 0 aliphatic heterocycles. The molecule has 98 valence electrons. The van der Waals surface area contributed by atoms with E-state index in [4.69, 9.17) is 0 Å². The molecule has 3 heteroatoms. The summed E-state index contributed by atoms with van der Waals surface area (Å²) < 4.78 is 0. The molecule has 3 nitrogen and oxygen atoms in total. The number of aliphatic hydroxyl groups is 1. The summed E-state index contributed by atoms with van der Waals surface area (Å²) in [5, 5.41) is 10.7. The van der Waals surface area contributed by atoms with Gasteiger partial charge in [0, 0.05) is 22.6 Å². The van der Waals surface area contributed by atoms with Gasteiger partial charge in [-0.15, -0.1) is 0 Å². The molecule has 1 aliphatic rings. The molecule has 0 radical (unpaired) electrons. The van der Waals surface area contributed by atoms with Crippen molar-refractivity contribution < 1.29 is 9.90 Å². The molecule has 1 aromatic heterocycles. The van der Waals surface area contributed by atoms with Crippen LogP contribution in [-0.4, -0.2) is 22.5 Å². The van der Waals surface area contributed by atoms with Gasteiger partial charge in [0.25, 0.3) is 0 Å². The van der Waals surface area contributed by atoms with Crippen LogP contribution in [0.1, 0.15) is 47.7 Å². The Morgan fingerprint density at radius 1 is 1.21 bits per heavy atom. The lowest BCUT2D eigenvalue weighted by atomic mass is 9.85. The monoisotopic (exact) mass is 255 g/mol. The van der Waals surface area contributed by atoms with E-state index in [1.807, 2.05) is 24.3 Å². The van der Waals surface area contributed by atoms with E-state index >= 15 is 0 Å². The quantitative estimate of drug-likeness (QED) is 0.839. The fourth-order valence-electron chi connectivity index (χ4n) is 2.89. The Balaban J connectivity index is 1.95. The number of hydrogen-bond acceptors (Lipinski definition) is 3. The average molecular weight is 255 g/mol. The van der Waals surface area contributed by atoms with Crippen molar-refractivity contribution in [2.24, 2.45) is 0 Å². The molecule has 0 bridgehead atoms. The van der Waals surface area contributed by atoms with E-state index in [9.17, 15) is 9.90 Å². The number of rotatable bonds is 2. The minimum Gasteiger partial charge on any atom is -0.393 e. The molecule has 1 heterocycles. The Bertz CT molecular complexity index is 609. The van der Waals surface area contributed by atoms with E-state index < -0.39 is 0 Å². The van der Waals surface area contributed by atoms with Crippen molar-refractivity contribution in [3.05, 3.63) is 41.6 Å². The van der Waals surface area contributed by atoms with Crippen molar-refractivity contribution in [3.63, 3.8) is 0 Å². The van der Waals surface area contributed by atoms with Crippen molar-refractivity contribution in [1.82, 2.24) is 4.98 Å². The number of pyridine rings is 1. The molecule has 1 aliphatic carbocycles. The van der Waals surface area contributed by atoms with E-state index in [2.05, 4.69) is 4.98 Å². The van der Waals surface area contributed by atoms with E-state index in [0.29, 0.717) is 11.5 Å².